The van der Waals surface area contributed by atoms with Crippen molar-refractivity contribution in [1.29, 1.82) is 0 Å². The van der Waals surface area contributed by atoms with E-state index in [1.165, 1.54) is 0 Å². The zero-order valence-corrected chi connectivity index (χ0v) is 8.99. The number of hydrogen-bond acceptors (Lipinski definition) is 6. The number of hydrogen-bond donors (Lipinski definition) is 4. The van der Waals surface area contributed by atoms with Crippen molar-refractivity contribution in [3.05, 3.63) is 16.2 Å². The number of nitrogens with zero attached hydrogens (tertiary/aromatic N) is 2. The van der Waals surface area contributed by atoms with Crippen molar-refractivity contribution in [2.75, 3.05) is 25.4 Å². The van der Waals surface area contributed by atoms with Crippen LogP contribution in [-0.2, 0) is 4.74 Å². The number of H-pyrrole nitrogens is 2. The predicted octanol–water partition coefficient (Wildman–Crippen LogP) is -1.11. The van der Waals surface area contributed by atoms with Gasteiger partial charge in [0, 0.05) is 13.1 Å². The molecule has 90 valence electrons. The molecule has 2 aromatic heterocycles. The first-order chi connectivity index (χ1) is 8.24. The van der Waals surface area contributed by atoms with Gasteiger partial charge < -0.3 is 20.8 Å². The predicted molar refractivity (Wildman–Crippen MR) is 60.5 cm³/mol. The molecule has 0 amide bonds. The van der Waals surface area contributed by atoms with Crippen LogP contribution < -0.4 is 16.6 Å². The molecule has 0 spiro atoms. The molecule has 0 radical (unpaired) electrons. The Morgan fingerprint density at radius 3 is 3.00 bits per heavy atom. The molecule has 0 saturated carbocycles. The third kappa shape index (κ3) is 1.77. The molecule has 2 aromatic rings. The van der Waals surface area contributed by atoms with Crippen molar-refractivity contribution >= 4 is 17.1 Å². The van der Waals surface area contributed by atoms with Crippen molar-refractivity contribution in [2.24, 2.45) is 0 Å². The Kier molecular flexibility index (Phi) is 2.30. The minimum Gasteiger partial charge on any atom is -0.369 e. The van der Waals surface area contributed by atoms with Gasteiger partial charge in [0.25, 0.3) is 5.56 Å². The number of anilines is 1. The number of aromatic nitrogens is 4. The van der Waals surface area contributed by atoms with E-state index in [-0.39, 0.29) is 17.6 Å². The number of nitrogens with two attached hydrogens (primary N) is 1. The number of imidazole rings is 1. The molecule has 3 heterocycles. The maximum absolute atomic E-state index is 11.6. The fourth-order valence-electron chi connectivity index (χ4n) is 1.84. The van der Waals surface area contributed by atoms with Gasteiger partial charge in [-0.2, -0.15) is 4.98 Å². The maximum Gasteiger partial charge on any atom is 0.278 e. The van der Waals surface area contributed by atoms with Gasteiger partial charge in [-0.25, -0.2) is 4.98 Å². The van der Waals surface area contributed by atoms with E-state index in [1.54, 1.807) is 0 Å². The van der Waals surface area contributed by atoms with Crippen molar-refractivity contribution < 1.29 is 4.74 Å². The molecule has 1 aliphatic rings. The maximum atomic E-state index is 11.6. The van der Waals surface area contributed by atoms with Crippen LogP contribution in [0.4, 0.5) is 5.95 Å². The molecule has 0 aliphatic carbocycles. The highest BCUT2D eigenvalue weighted by Crippen LogP contribution is 2.17. The van der Waals surface area contributed by atoms with E-state index in [4.69, 9.17) is 10.5 Å². The van der Waals surface area contributed by atoms with Crippen molar-refractivity contribution in [3.63, 3.8) is 0 Å². The molecule has 3 rings (SSSR count). The van der Waals surface area contributed by atoms with E-state index in [9.17, 15) is 4.79 Å². The largest absolute Gasteiger partial charge is 0.369 e. The summed E-state index contributed by atoms with van der Waals surface area (Å²) in [5.74, 6) is 0.652. The van der Waals surface area contributed by atoms with Gasteiger partial charge in [0.1, 0.15) is 11.9 Å². The number of morpholine rings is 1. The second-order valence-corrected chi connectivity index (χ2v) is 3.84. The molecule has 1 aliphatic heterocycles. The smallest absolute Gasteiger partial charge is 0.278 e. The molecule has 0 bridgehead atoms. The van der Waals surface area contributed by atoms with Gasteiger partial charge in [0.05, 0.1) is 6.61 Å². The van der Waals surface area contributed by atoms with Crippen molar-refractivity contribution in [1.82, 2.24) is 25.3 Å². The summed E-state index contributed by atoms with van der Waals surface area (Å²) < 4.78 is 5.54. The van der Waals surface area contributed by atoms with E-state index in [0.29, 0.717) is 30.1 Å². The zero-order chi connectivity index (χ0) is 11.8. The second kappa shape index (κ2) is 3.82. The number of nitrogens with one attached hydrogen (secondary N) is 3. The van der Waals surface area contributed by atoms with Gasteiger partial charge in [-0.3, -0.25) is 9.78 Å². The summed E-state index contributed by atoms with van der Waals surface area (Å²) in [5, 5.41) is 3.19. The van der Waals surface area contributed by atoms with E-state index in [2.05, 4.69) is 25.3 Å². The van der Waals surface area contributed by atoms with Crippen molar-refractivity contribution in [2.45, 2.75) is 6.10 Å². The van der Waals surface area contributed by atoms with Gasteiger partial charge in [-0.05, 0) is 0 Å². The molecule has 1 saturated heterocycles. The Balaban J connectivity index is 2.06. The lowest BCUT2D eigenvalue weighted by Gasteiger charge is -2.21. The van der Waals surface area contributed by atoms with Crippen LogP contribution >= 0.6 is 0 Å². The molecule has 1 atom stereocenters. The van der Waals surface area contributed by atoms with Crippen LogP contribution in [-0.4, -0.2) is 39.6 Å². The molecule has 1 unspecified atom stereocenters. The molecule has 1 fully saturated rings. The standard InChI is InChI=1S/C9H12N6O2/c10-9-14-7-5(8(16)15-9)12-6(13-7)4-3-11-1-2-17-4/h4,11H,1-3H2,(H4,10,12,13,14,15,16). The second-order valence-electron chi connectivity index (χ2n) is 3.84. The van der Waals surface area contributed by atoms with Gasteiger partial charge in [0.2, 0.25) is 5.95 Å². The SMILES string of the molecule is Nc1nc2nc(C3CNCCO3)[nH]c2c(=O)[nH]1. The number of rotatable bonds is 1. The topological polar surface area (TPSA) is 122 Å². The number of nitrogen functional groups attached to an aromatic ring is 1. The van der Waals surface area contributed by atoms with Crippen molar-refractivity contribution in [3.8, 4) is 0 Å². The van der Waals surface area contributed by atoms with Gasteiger partial charge in [-0.1, -0.05) is 0 Å². The summed E-state index contributed by atoms with van der Waals surface area (Å²) in [6.45, 7) is 2.10. The molecule has 8 heteroatoms. The van der Waals surface area contributed by atoms with Crippen LogP contribution in [0.15, 0.2) is 4.79 Å². The summed E-state index contributed by atoms with van der Waals surface area (Å²) in [6.07, 6.45) is -0.182. The average molecular weight is 236 g/mol. The van der Waals surface area contributed by atoms with Crippen LogP contribution in [0, 0.1) is 0 Å². The van der Waals surface area contributed by atoms with Gasteiger partial charge in [0.15, 0.2) is 11.2 Å². The Labute approximate surface area is 95.6 Å². The molecule has 5 N–H and O–H groups in total. The third-order valence-electron chi connectivity index (χ3n) is 2.63. The lowest BCUT2D eigenvalue weighted by atomic mass is 10.3. The van der Waals surface area contributed by atoms with E-state index in [0.717, 1.165) is 6.54 Å². The quantitative estimate of drug-likeness (QED) is 0.498. The van der Waals surface area contributed by atoms with Crippen LogP contribution in [0.3, 0.4) is 0 Å². The summed E-state index contributed by atoms with van der Waals surface area (Å²) in [5.41, 5.74) is 5.76. The number of ether oxygens (including phenoxy) is 1. The summed E-state index contributed by atoms with van der Waals surface area (Å²) in [7, 11) is 0. The summed E-state index contributed by atoms with van der Waals surface area (Å²) in [6, 6.07) is 0. The highest BCUT2D eigenvalue weighted by atomic mass is 16.5. The zero-order valence-electron chi connectivity index (χ0n) is 8.99. The first kappa shape index (κ1) is 10.2. The first-order valence-corrected chi connectivity index (χ1v) is 5.32. The first-order valence-electron chi connectivity index (χ1n) is 5.32. The van der Waals surface area contributed by atoms with Crippen LogP contribution in [0.2, 0.25) is 0 Å². The molecule has 8 nitrogen and oxygen atoms in total. The minimum absolute atomic E-state index is 0.0586. The van der Waals surface area contributed by atoms with Gasteiger partial charge in [-0.15, -0.1) is 0 Å². The van der Waals surface area contributed by atoms with E-state index < -0.39 is 0 Å². The Morgan fingerprint density at radius 2 is 2.24 bits per heavy atom. The molecular weight excluding hydrogens is 224 g/mol. The molecular formula is C9H12N6O2. The lowest BCUT2D eigenvalue weighted by molar-refractivity contribution is 0.0228. The summed E-state index contributed by atoms with van der Waals surface area (Å²) in [4.78, 5) is 25.1. The fraction of sp³-hybridized carbons (Fsp3) is 0.444. The summed E-state index contributed by atoms with van der Waals surface area (Å²) >= 11 is 0. The van der Waals surface area contributed by atoms with Crippen LogP contribution in [0.5, 0.6) is 0 Å². The van der Waals surface area contributed by atoms with Crippen LogP contribution in [0.1, 0.15) is 11.9 Å². The Morgan fingerprint density at radius 1 is 1.35 bits per heavy atom. The lowest BCUT2D eigenvalue weighted by Crippen LogP contribution is -2.33. The Bertz CT molecular complexity index is 597. The fourth-order valence-corrected chi connectivity index (χ4v) is 1.84. The average Bonchev–Trinajstić information content (AvgIpc) is 2.74. The third-order valence-corrected chi connectivity index (χ3v) is 2.63. The normalized spacial score (nSPS) is 20.8. The minimum atomic E-state index is -0.324. The number of fused-ring (bicyclic) bond motifs is 1. The number of aromatic amines is 2. The van der Waals surface area contributed by atoms with Gasteiger partial charge >= 0.3 is 0 Å². The monoisotopic (exact) mass is 236 g/mol. The van der Waals surface area contributed by atoms with Crippen LogP contribution in [0.25, 0.3) is 11.2 Å². The molecule has 0 aromatic carbocycles. The van der Waals surface area contributed by atoms with E-state index in [1.807, 2.05) is 0 Å². The highest BCUT2D eigenvalue weighted by molar-refractivity contribution is 5.70. The highest BCUT2D eigenvalue weighted by Gasteiger charge is 2.20. The molecule has 17 heavy (non-hydrogen) atoms. The Hall–Kier alpha value is -1.93. The van der Waals surface area contributed by atoms with E-state index >= 15 is 0 Å².